The van der Waals surface area contributed by atoms with E-state index in [0.29, 0.717) is 13.2 Å². The summed E-state index contributed by atoms with van der Waals surface area (Å²) in [5.74, 6) is -1.02. The van der Waals surface area contributed by atoms with Crippen LogP contribution in [-0.4, -0.2) is 54.9 Å². The lowest BCUT2D eigenvalue weighted by Crippen LogP contribution is -2.46. The van der Waals surface area contributed by atoms with Gasteiger partial charge in [0.2, 0.25) is 0 Å². The zero-order chi connectivity index (χ0) is 11.8. The molecule has 0 aromatic heterocycles. The summed E-state index contributed by atoms with van der Waals surface area (Å²) in [6, 6.07) is -0.519. The van der Waals surface area contributed by atoms with Gasteiger partial charge in [0.1, 0.15) is 6.54 Å². The summed E-state index contributed by atoms with van der Waals surface area (Å²) in [4.78, 5) is 23.1. The second-order valence-corrected chi connectivity index (χ2v) is 3.21. The second kappa shape index (κ2) is 7.05. The van der Waals surface area contributed by atoms with Crippen molar-refractivity contribution >= 4 is 12.0 Å². The van der Waals surface area contributed by atoms with Crippen LogP contribution in [0.5, 0.6) is 0 Å². The first-order chi connectivity index (χ1) is 7.01. The zero-order valence-electron chi connectivity index (χ0n) is 9.32. The number of nitrogens with one attached hydrogen (secondary N) is 1. The number of aliphatic carboxylic acids is 1. The molecule has 6 nitrogen and oxygen atoms in total. The molecule has 0 aliphatic carbocycles. The van der Waals surface area contributed by atoms with Crippen molar-refractivity contribution in [2.24, 2.45) is 0 Å². The van der Waals surface area contributed by atoms with Gasteiger partial charge >= 0.3 is 12.0 Å². The normalized spacial score (nSPS) is 11.9. The maximum Gasteiger partial charge on any atom is 0.323 e. The van der Waals surface area contributed by atoms with Crippen LogP contribution in [0.15, 0.2) is 0 Å². The largest absolute Gasteiger partial charge is 0.480 e. The monoisotopic (exact) mass is 218 g/mol. The number of hydrogen-bond acceptors (Lipinski definition) is 3. The molecule has 2 N–H and O–H groups in total. The number of nitrogens with zero attached hydrogens (tertiary/aromatic N) is 1. The van der Waals surface area contributed by atoms with Crippen LogP contribution in [0.1, 0.15) is 13.8 Å². The number of carbonyl (C=O) groups is 2. The van der Waals surface area contributed by atoms with Gasteiger partial charge in [-0.25, -0.2) is 4.79 Å². The second-order valence-electron chi connectivity index (χ2n) is 3.21. The highest BCUT2D eigenvalue weighted by Crippen LogP contribution is 1.91. The van der Waals surface area contributed by atoms with Crippen molar-refractivity contribution in [3.63, 3.8) is 0 Å². The molecular weight excluding hydrogens is 200 g/mol. The van der Waals surface area contributed by atoms with Crippen molar-refractivity contribution in [3.05, 3.63) is 0 Å². The Morgan fingerprint density at radius 2 is 2.13 bits per heavy atom. The quantitative estimate of drug-likeness (QED) is 0.664. The Labute approximate surface area is 89.2 Å². The maximum atomic E-state index is 11.5. The number of carboxylic acids is 1. The number of hydrogen-bond donors (Lipinski definition) is 2. The van der Waals surface area contributed by atoms with E-state index < -0.39 is 5.97 Å². The van der Waals surface area contributed by atoms with Crippen LogP contribution in [0, 0.1) is 0 Å². The van der Waals surface area contributed by atoms with Gasteiger partial charge in [-0.2, -0.15) is 0 Å². The summed E-state index contributed by atoms with van der Waals surface area (Å²) in [6.07, 6.45) is 0. The first-order valence-corrected chi connectivity index (χ1v) is 4.77. The highest BCUT2D eigenvalue weighted by molar-refractivity contribution is 5.80. The number of methoxy groups -OCH3 is 1. The van der Waals surface area contributed by atoms with Gasteiger partial charge in [0, 0.05) is 13.7 Å². The van der Waals surface area contributed by atoms with Gasteiger partial charge in [-0.1, -0.05) is 0 Å². The van der Waals surface area contributed by atoms with Crippen LogP contribution in [0.4, 0.5) is 4.79 Å². The van der Waals surface area contributed by atoms with E-state index in [2.05, 4.69) is 5.32 Å². The first-order valence-electron chi connectivity index (χ1n) is 4.77. The molecule has 0 fully saturated rings. The van der Waals surface area contributed by atoms with Gasteiger partial charge in [-0.3, -0.25) is 4.79 Å². The van der Waals surface area contributed by atoms with E-state index in [0.717, 1.165) is 0 Å². The number of rotatable bonds is 6. The van der Waals surface area contributed by atoms with Crippen molar-refractivity contribution in [2.75, 3.05) is 26.8 Å². The number of carboxylic acid groups (broad SMARTS) is 1. The fourth-order valence-corrected chi connectivity index (χ4v) is 1.08. The molecule has 0 aromatic rings. The molecule has 1 atom stereocenters. The van der Waals surface area contributed by atoms with Crippen LogP contribution in [0.2, 0.25) is 0 Å². The van der Waals surface area contributed by atoms with Gasteiger partial charge in [-0.15, -0.1) is 0 Å². The molecule has 2 amide bonds. The van der Waals surface area contributed by atoms with Crippen LogP contribution >= 0.6 is 0 Å². The minimum absolute atomic E-state index is 0.134. The van der Waals surface area contributed by atoms with E-state index in [4.69, 9.17) is 9.84 Å². The Kier molecular flexibility index (Phi) is 6.44. The topological polar surface area (TPSA) is 78.9 Å². The van der Waals surface area contributed by atoms with E-state index in [1.807, 2.05) is 0 Å². The van der Waals surface area contributed by atoms with Gasteiger partial charge in [-0.05, 0) is 13.8 Å². The van der Waals surface area contributed by atoms with Crippen LogP contribution in [0.25, 0.3) is 0 Å². The van der Waals surface area contributed by atoms with E-state index in [9.17, 15) is 9.59 Å². The highest BCUT2D eigenvalue weighted by Gasteiger charge is 2.16. The predicted octanol–water partition coefficient (Wildman–Crippen LogP) is 0.137. The Bertz CT molecular complexity index is 220. The molecule has 0 bridgehead atoms. The number of amides is 2. The fraction of sp³-hybridized carbons (Fsp3) is 0.778. The number of ether oxygens (including phenoxy) is 1. The molecule has 88 valence electrons. The molecule has 15 heavy (non-hydrogen) atoms. The Morgan fingerprint density at radius 3 is 2.53 bits per heavy atom. The van der Waals surface area contributed by atoms with Crippen LogP contribution in [0.3, 0.4) is 0 Å². The van der Waals surface area contributed by atoms with E-state index in [1.54, 1.807) is 13.8 Å². The molecular formula is C9H18N2O4. The van der Waals surface area contributed by atoms with Crippen molar-refractivity contribution in [3.8, 4) is 0 Å². The molecule has 1 unspecified atom stereocenters. The lowest BCUT2D eigenvalue weighted by molar-refractivity contribution is -0.137. The Balaban J connectivity index is 4.09. The minimum Gasteiger partial charge on any atom is -0.480 e. The van der Waals surface area contributed by atoms with Crippen molar-refractivity contribution in [2.45, 2.75) is 19.9 Å². The van der Waals surface area contributed by atoms with Crippen LogP contribution < -0.4 is 5.32 Å². The smallest absolute Gasteiger partial charge is 0.323 e. The standard InChI is InChI=1S/C9H18N2O4/c1-4-11(5-8(12)13)9(14)10-7(2)6-15-3/h7H,4-6H2,1-3H3,(H,10,14)(H,12,13). The number of likely N-dealkylation sites (N-methyl/N-ethyl adjacent to an activating group) is 1. The first kappa shape index (κ1) is 13.7. The third-order valence-electron chi connectivity index (χ3n) is 1.78. The Hall–Kier alpha value is -1.30. The summed E-state index contributed by atoms with van der Waals surface area (Å²) < 4.78 is 4.85. The molecule has 0 saturated carbocycles. The summed E-state index contributed by atoms with van der Waals surface area (Å²) in [6.45, 7) is 3.98. The van der Waals surface area contributed by atoms with Crippen molar-refractivity contribution < 1.29 is 19.4 Å². The SMILES string of the molecule is CCN(CC(=O)O)C(=O)NC(C)COC. The van der Waals surface area contributed by atoms with Gasteiger partial charge in [0.25, 0.3) is 0 Å². The van der Waals surface area contributed by atoms with E-state index >= 15 is 0 Å². The van der Waals surface area contributed by atoms with E-state index in [-0.39, 0.29) is 18.6 Å². The number of carbonyl (C=O) groups excluding carboxylic acids is 1. The number of urea groups is 1. The predicted molar refractivity (Wildman–Crippen MR) is 54.8 cm³/mol. The third-order valence-corrected chi connectivity index (χ3v) is 1.78. The van der Waals surface area contributed by atoms with Crippen molar-refractivity contribution in [1.82, 2.24) is 10.2 Å². The van der Waals surface area contributed by atoms with Crippen LogP contribution in [-0.2, 0) is 9.53 Å². The highest BCUT2D eigenvalue weighted by atomic mass is 16.5. The molecule has 0 rings (SSSR count). The fourth-order valence-electron chi connectivity index (χ4n) is 1.08. The molecule has 0 spiro atoms. The average molecular weight is 218 g/mol. The molecule has 6 heteroatoms. The molecule has 0 aliphatic heterocycles. The summed E-state index contributed by atoms with van der Waals surface area (Å²) in [7, 11) is 1.54. The third kappa shape index (κ3) is 5.90. The molecule has 0 aliphatic rings. The average Bonchev–Trinajstić information content (AvgIpc) is 2.13. The van der Waals surface area contributed by atoms with Gasteiger partial charge in [0.05, 0.1) is 12.6 Å². The van der Waals surface area contributed by atoms with Gasteiger partial charge < -0.3 is 20.1 Å². The summed E-state index contributed by atoms with van der Waals surface area (Å²) in [5, 5.41) is 11.2. The lowest BCUT2D eigenvalue weighted by Gasteiger charge is -2.21. The minimum atomic E-state index is -1.02. The van der Waals surface area contributed by atoms with E-state index in [1.165, 1.54) is 12.0 Å². The molecule has 0 heterocycles. The maximum absolute atomic E-state index is 11.5. The zero-order valence-corrected chi connectivity index (χ0v) is 9.32. The summed E-state index contributed by atoms with van der Waals surface area (Å²) >= 11 is 0. The van der Waals surface area contributed by atoms with Crippen molar-refractivity contribution in [1.29, 1.82) is 0 Å². The lowest BCUT2D eigenvalue weighted by atomic mass is 10.3. The molecule has 0 radical (unpaired) electrons. The van der Waals surface area contributed by atoms with Gasteiger partial charge in [0.15, 0.2) is 0 Å². The molecule has 0 saturated heterocycles. The Morgan fingerprint density at radius 1 is 1.53 bits per heavy atom. The summed E-state index contributed by atoms with van der Waals surface area (Å²) in [5.41, 5.74) is 0. The molecule has 0 aromatic carbocycles.